The van der Waals surface area contributed by atoms with E-state index in [0.717, 1.165) is 11.1 Å². The molecule has 0 unspecified atom stereocenters. The Balaban J connectivity index is 1.91. The molecular weight excluding hydrogens is 307 g/mol. The molecule has 5 heteroatoms. The van der Waals surface area contributed by atoms with Crippen molar-refractivity contribution in [2.45, 2.75) is 20.4 Å². The standard InChI is InChI=1S/C19H21FN2O2/c1-14-6-3-4-7-17(14)13-22(15(2)23)11-10-21-19(24)16-8-5-9-18(20)12-16/h3-9,12H,10-11,13H2,1-2H3,(H,21,24). The van der Waals surface area contributed by atoms with E-state index < -0.39 is 5.82 Å². The molecule has 0 heterocycles. The molecule has 0 aromatic heterocycles. The molecule has 24 heavy (non-hydrogen) atoms. The van der Waals surface area contributed by atoms with Gasteiger partial charge < -0.3 is 10.2 Å². The second-order valence-corrected chi connectivity index (χ2v) is 5.63. The lowest BCUT2D eigenvalue weighted by atomic mass is 10.1. The highest BCUT2D eigenvalue weighted by Crippen LogP contribution is 2.10. The fraction of sp³-hybridized carbons (Fsp3) is 0.263. The van der Waals surface area contributed by atoms with Gasteiger partial charge in [-0.1, -0.05) is 30.3 Å². The van der Waals surface area contributed by atoms with Gasteiger partial charge >= 0.3 is 0 Å². The first-order chi connectivity index (χ1) is 11.5. The summed E-state index contributed by atoms with van der Waals surface area (Å²) in [5.74, 6) is -0.861. The van der Waals surface area contributed by atoms with Gasteiger partial charge in [0.2, 0.25) is 5.91 Å². The molecule has 2 aromatic carbocycles. The van der Waals surface area contributed by atoms with E-state index in [4.69, 9.17) is 0 Å². The van der Waals surface area contributed by atoms with Crippen LogP contribution in [0.5, 0.6) is 0 Å². The van der Waals surface area contributed by atoms with Crippen LogP contribution in [0.3, 0.4) is 0 Å². The van der Waals surface area contributed by atoms with Crippen molar-refractivity contribution in [3.8, 4) is 0 Å². The Morgan fingerprint density at radius 2 is 1.88 bits per heavy atom. The van der Waals surface area contributed by atoms with E-state index in [1.165, 1.54) is 25.1 Å². The van der Waals surface area contributed by atoms with Crippen molar-refractivity contribution < 1.29 is 14.0 Å². The zero-order valence-electron chi connectivity index (χ0n) is 13.9. The highest BCUT2D eigenvalue weighted by molar-refractivity contribution is 5.94. The lowest BCUT2D eigenvalue weighted by Gasteiger charge is -2.22. The van der Waals surface area contributed by atoms with Crippen LogP contribution >= 0.6 is 0 Å². The summed E-state index contributed by atoms with van der Waals surface area (Å²) in [5.41, 5.74) is 2.46. The summed E-state index contributed by atoms with van der Waals surface area (Å²) in [4.78, 5) is 25.5. The lowest BCUT2D eigenvalue weighted by Crippen LogP contribution is -2.37. The fourth-order valence-corrected chi connectivity index (χ4v) is 2.38. The Bertz CT molecular complexity index is 731. The number of carbonyl (C=O) groups excluding carboxylic acids is 2. The van der Waals surface area contributed by atoms with Crippen molar-refractivity contribution in [1.82, 2.24) is 10.2 Å². The zero-order chi connectivity index (χ0) is 17.5. The van der Waals surface area contributed by atoms with Crippen LogP contribution in [0.2, 0.25) is 0 Å². The minimum Gasteiger partial charge on any atom is -0.350 e. The number of rotatable bonds is 6. The van der Waals surface area contributed by atoms with Crippen LogP contribution in [0.4, 0.5) is 4.39 Å². The number of carbonyl (C=O) groups is 2. The van der Waals surface area contributed by atoms with Crippen molar-refractivity contribution >= 4 is 11.8 Å². The van der Waals surface area contributed by atoms with E-state index in [9.17, 15) is 14.0 Å². The fourth-order valence-electron chi connectivity index (χ4n) is 2.38. The topological polar surface area (TPSA) is 49.4 Å². The average Bonchev–Trinajstić information content (AvgIpc) is 2.55. The van der Waals surface area contributed by atoms with Gasteiger partial charge in [0.1, 0.15) is 5.82 Å². The molecule has 2 rings (SSSR count). The number of aryl methyl sites for hydroxylation is 1. The van der Waals surface area contributed by atoms with Gasteiger partial charge in [-0.15, -0.1) is 0 Å². The van der Waals surface area contributed by atoms with Gasteiger partial charge in [0.25, 0.3) is 5.91 Å². The summed E-state index contributed by atoms with van der Waals surface area (Å²) in [5, 5.41) is 2.71. The van der Waals surface area contributed by atoms with Gasteiger partial charge in [-0.3, -0.25) is 9.59 Å². The van der Waals surface area contributed by atoms with Crippen LogP contribution in [0.25, 0.3) is 0 Å². The molecule has 0 aliphatic carbocycles. The summed E-state index contributed by atoms with van der Waals surface area (Å²) < 4.78 is 13.1. The number of benzene rings is 2. The predicted octanol–water partition coefficient (Wildman–Crippen LogP) is 2.91. The summed E-state index contributed by atoms with van der Waals surface area (Å²) >= 11 is 0. The van der Waals surface area contributed by atoms with E-state index >= 15 is 0 Å². The van der Waals surface area contributed by atoms with Gasteiger partial charge in [-0.25, -0.2) is 4.39 Å². The Hall–Kier alpha value is -2.69. The van der Waals surface area contributed by atoms with Crippen molar-refractivity contribution in [3.63, 3.8) is 0 Å². The third-order valence-corrected chi connectivity index (χ3v) is 3.82. The minimum atomic E-state index is -0.451. The Labute approximate surface area is 141 Å². The number of nitrogens with one attached hydrogen (secondary N) is 1. The van der Waals surface area contributed by atoms with Gasteiger partial charge in [0, 0.05) is 32.1 Å². The van der Waals surface area contributed by atoms with Gasteiger partial charge in [-0.2, -0.15) is 0 Å². The monoisotopic (exact) mass is 328 g/mol. The third kappa shape index (κ3) is 4.91. The van der Waals surface area contributed by atoms with E-state index in [-0.39, 0.29) is 17.4 Å². The summed E-state index contributed by atoms with van der Waals surface area (Å²) in [7, 11) is 0. The number of nitrogens with zero attached hydrogens (tertiary/aromatic N) is 1. The van der Waals surface area contributed by atoms with E-state index in [1.54, 1.807) is 11.0 Å². The molecule has 2 aromatic rings. The zero-order valence-corrected chi connectivity index (χ0v) is 13.9. The first-order valence-corrected chi connectivity index (χ1v) is 7.81. The van der Waals surface area contributed by atoms with Crippen LogP contribution < -0.4 is 5.32 Å². The predicted molar refractivity (Wildman–Crippen MR) is 91.0 cm³/mol. The van der Waals surface area contributed by atoms with Crippen LogP contribution in [-0.4, -0.2) is 29.8 Å². The molecule has 0 radical (unpaired) electrons. The molecule has 0 atom stereocenters. The van der Waals surface area contributed by atoms with Crippen molar-refractivity contribution in [2.75, 3.05) is 13.1 Å². The quantitative estimate of drug-likeness (QED) is 0.886. The Morgan fingerprint density at radius 3 is 2.54 bits per heavy atom. The van der Waals surface area contributed by atoms with E-state index in [0.29, 0.717) is 19.6 Å². The number of halogens is 1. The molecule has 0 fully saturated rings. The summed E-state index contributed by atoms with van der Waals surface area (Å²) in [6, 6.07) is 13.4. The third-order valence-electron chi connectivity index (χ3n) is 3.82. The number of hydrogen-bond donors (Lipinski definition) is 1. The summed E-state index contributed by atoms with van der Waals surface area (Å²) in [6.07, 6.45) is 0. The maximum absolute atomic E-state index is 13.1. The van der Waals surface area contributed by atoms with Gasteiger partial charge in [0.15, 0.2) is 0 Å². The molecule has 0 bridgehead atoms. The number of hydrogen-bond acceptors (Lipinski definition) is 2. The van der Waals surface area contributed by atoms with Crippen LogP contribution in [0.15, 0.2) is 48.5 Å². The van der Waals surface area contributed by atoms with Gasteiger partial charge in [-0.05, 0) is 36.2 Å². The molecule has 0 spiro atoms. The molecule has 2 amide bonds. The summed E-state index contributed by atoms with van der Waals surface area (Å²) in [6.45, 7) is 4.70. The maximum atomic E-state index is 13.1. The Morgan fingerprint density at radius 1 is 1.12 bits per heavy atom. The molecule has 0 aliphatic heterocycles. The number of amides is 2. The van der Waals surface area contributed by atoms with Crippen molar-refractivity contribution in [1.29, 1.82) is 0 Å². The van der Waals surface area contributed by atoms with Crippen molar-refractivity contribution in [3.05, 3.63) is 71.0 Å². The van der Waals surface area contributed by atoms with E-state index in [1.807, 2.05) is 31.2 Å². The van der Waals surface area contributed by atoms with Crippen LogP contribution in [0.1, 0.15) is 28.4 Å². The van der Waals surface area contributed by atoms with Crippen molar-refractivity contribution in [2.24, 2.45) is 0 Å². The average molecular weight is 328 g/mol. The minimum absolute atomic E-state index is 0.0572. The first-order valence-electron chi connectivity index (χ1n) is 7.81. The maximum Gasteiger partial charge on any atom is 0.251 e. The molecule has 4 nitrogen and oxygen atoms in total. The molecular formula is C19H21FN2O2. The molecule has 126 valence electrons. The second-order valence-electron chi connectivity index (χ2n) is 5.63. The van der Waals surface area contributed by atoms with Gasteiger partial charge in [0.05, 0.1) is 0 Å². The van der Waals surface area contributed by atoms with Crippen LogP contribution in [-0.2, 0) is 11.3 Å². The second kappa shape index (κ2) is 8.24. The molecule has 1 N–H and O–H groups in total. The normalized spacial score (nSPS) is 10.3. The smallest absolute Gasteiger partial charge is 0.251 e. The molecule has 0 aliphatic rings. The highest BCUT2D eigenvalue weighted by Gasteiger charge is 2.12. The largest absolute Gasteiger partial charge is 0.350 e. The SMILES string of the molecule is CC(=O)N(CCNC(=O)c1cccc(F)c1)Cc1ccccc1C. The molecule has 0 saturated heterocycles. The Kier molecular flexibility index (Phi) is 6.07. The first kappa shape index (κ1) is 17.7. The molecule has 0 saturated carbocycles. The van der Waals surface area contributed by atoms with Crippen LogP contribution in [0, 0.1) is 12.7 Å². The lowest BCUT2D eigenvalue weighted by molar-refractivity contribution is -0.129. The van der Waals surface area contributed by atoms with E-state index in [2.05, 4.69) is 5.32 Å². The highest BCUT2D eigenvalue weighted by atomic mass is 19.1.